The van der Waals surface area contributed by atoms with Gasteiger partial charge in [-0.15, -0.1) is 0 Å². The number of nitrogens with zero attached hydrogens (tertiary/aromatic N) is 3. The fraction of sp³-hybridized carbons (Fsp3) is 0.615. The van der Waals surface area contributed by atoms with E-state index in [1.807, 2.05) is 12.3 Å². The Morgan fingerprint density at radius 3 is 2.71 bits per heavy atom. The van der Waals surface area contributed by atoms with Crippen LogP contribution >= 0.6 is 0 Å². The molecule has 4 heteroatoms. The SMILES string of the molecule is CC1CN(C)CCN1c1ccc([C@H](C)O)nc1. The van der Waals surface area contributed by atoms with Crippen LogP contribution in [0.5, 0.6) is 0 Å². The molecular weight excluding hydrogens is 214 g/mol. The standard InChI is InChI=1S/C13H21N3O/c1-10-9-15(3)6-7-16(10)12-4-5-13(11(2)17)14-8-12/h4-5,8,10-11,17H,6-7,9H2,1-3H3/t10?,11-/m0/s1. The Morgan fingerprint density at radius 1 is 1.41 bits per heavy atom. The fourth-order valence-electron chi connectivity index (χ4n) is 2.34. The lowest BCUT2D eigenvalue weighted by Gasteiger charge is -2.39. The van der Waals surface area contributed by atoms with Crippen LogP contribution in [0.15, 0.2) is 18.3 Å². The van der Waals surface area contributed by atoms with Crippen LogP contribution in [0.1, 0.15) is 25.6 Å². The number of likely N-dealkylation sites (N-methyl/N-ethyl adjacent to an activating group) is 1. The Balaban J connectivity index is 2.11. The summed E-state index contributed by atoms with van der Waals surface area (Å²) in [4.78, 5) is 9.02. The van der Waals surface area contributed by atoms with E-state index in [4.69, 9.17) is 0 Å². The van der Waals surface area contributed by atoms with Crippen LogP contribution in [0.2, 0.25) is 0 Å². The van der Waals surface area contributed by atoms with E-state index >= 15 is 0 Å². The predicted molar refractivity (Wildman–Crippen MR) is 69.2 cm³/mol. The van der Waals surface area contributed by atoms with Gasteiger partial charge in [0.2, 0.25) is 0 Å². The average Bonchev–Trinajstić information content (AvgIpc) is 2.29. The minimum atomic E-state index is -0.492. The predicted octanol–water partition coefficient (Wildman–Crippen LogP) is 1.28. The van der Waals surface area contributed by atoms with Crippen molar-refractivity contribution in [2.45, 2.75) is 26.0 Å². The molecule has 0 aromatic carbocycles. The number of hydrogen-bond donors (Lipinski definition) is 1. The minimum Gasteiger partial charge on any atom is -0.387 e. The lowest BCUT2D eigenvalue weighted by atomic mass is 10.1. The van der Waals surface area contributed by atoms with Gasteiger partial charge in [-0.2, -0.15) is 0 Å². The van der Waals surface area contributed by atoms with Gasteiger partial charge in [-0.25, -0.2) is 0 Å². The second-order valence-electron chi connectivity index (χ2n) is 4.92. The maximum absolute atomic E-state index is 9.43. The molecule has 1 N–H and O–H groups in total. The molecule has 4 nitrogen and oxygen atoms in total. The van der Waals surface area contributed by atoms with E-state index < -0.39 is 6.10 Å². The van der Waals surface area contributed by atoms with Crippen molar-refractivity contribution >= 4 is 5.69 Å². The van der Waals surface area contributed by atoms with Gasteiger partial charge in [-0.3, -0.25) is 4.98 Å². The summed E-state index contributed by atoms with van der Waals surface area (Å²) in [5.41, 5.74) is 1.88. The van der Waals surface area contributed by atoms with Crippen molar-refractivity contribution < 1.29 is 5.11 Å². The summed E-state index contributed by atoms with van der Waals surface area (Å²) >= 11 is 0. The Morgan fingerprint density at radius 2 is 2.18 bits per heavy atom. The molecule has 1 fully saturated rings. The highest BCUT2D eigenvalue weighted by atomic mass is 16.3. The first-order valence-electron chi connectivity index (χ1n) is 6.17. The molecule has 2 atom stereocenters. The smallest absolute Gasteiger partial charge is 0.0931 e. The lowest BCUT2D eigenvalue weighted by molar-refractivity contribution is 0.194. The molecule has 0 aliphatic carbocycles. The molecule has 0 radical (unpaired) electrons. The van der Waals surface area contributed by atoms with Crippen molar-refractivity contribution in [2.75, 3.05) is 31.6 Å². The number of piperazine rings is 1. The molecule has 17 heavy (non-hydrogen) atoms. The van der Waals surface area contributed by atoms with Crippen molar-refractivity contribution in [3.63, 3.8) is 0 Å². The van der Waals surface area contributed by atoms with Crippen LogP contribution in [0.4, 0.5) is 5.69 Å². The molecule has 1 unspecified atom stereocenters. The second kappa shape index (κ2) is 5.02. The second-order valence-corrected chi connectivity index (χ2v) is 4.92. The molecule has 0 spiro atoms. The molecule has 0 amide bonds. The number of anilines is 1. The first kappa shape index (κ1) is 12.3. The van der Waals surface area contributed by atoms with E-state index in [1.54, 1.807) is 6.92 Å². The Kier molecular flexibility index (Phi) is 3.64. The van der Waals surface area contributed by atoms with Gasteiger partial charge in [0.1, 0.15) is 0 Å². The number of aromatic nitrogens is 1. The topological polar surface area (TPSA) is 39.6 Å². The zero-order valence-electron chi connectivity index (χ0n) is 10.8. The maximum atomic E-state index is 9.43. The van der Waals surface area contributed by atoms with Crippen LogP contribution in [-0.2, 0) is 0 Å². The van der Waals surface area contributed by atoms with Crippen LogP contribution in [0, 0.1) is 0 Å². The Labute approximate surface area is 103 Å². The molecule has 2 heterocycles. The normalized spacial score (nSPS) is 23.8. The summed E-state index contributed by atoms with van der Waals surface area (Å²) in [7, 11) is 2.16. The molecule has 1 aliphatic rings. The van der Waals surface area contributed by atoms with Gasteiger partial charge in [-0.1, -0.05) is 0 Å². The van der Waals surface area contributed by atoms with Crippen molar-refractivity contribution in [3.8, 4) is 0 Å². The molecule has 1 aromatic heterocycles. The van der Waals surface area contributed by atoms with Gasteiger partial charge in [0.15, 0.2) is 0 Å². The van der Waals surface area contributed by atoms with Crippen LogP contribution in [-0.4, -0.2) is 47.7 Å². The van der Waals surface area contributed by atoms with Crippen molar-refractivity contribution in [1.82, 2.24) is 9.88 Å². The fourth-order valence-corrected chi connectivity index (χ4v) is 2.34. The van der Waals surface area contributed by atoms with Gasteiger partial charge >= 0.3 is 0 Å². The molecule has 0 saturated carbocycles. The van der Waals surface area contributed by atoms with Crippen molar-refractivity contribution in [1.29, 1.82) is 0 Å². The van der Waals surface area contributed by atoms with E-state index in [-0.39, 0.29) is 0 Å². The third kappa shape index (κ3) is 2.76. The van der Waals surface area contributed by atoms with Crippen LogP contribution < -0.4 is 4.90 Å². The van der Waals surface area contributed by atoms with Gasteiger partial charge in [0, 0.05) is 25.7 Å². The van der Waals surface area contributed by atoms with Gasteiger partial charge in [0.25, 0.3) is 0 Å². The molecule has 1 aliphatic heterocycles. The summed E-state index contributed by atoms with van der Waals surface area (Å²) in [5.74, 6) is 0. The third-order valence-corrected chi connectivity index (χ3v) is 3.36. The van der Waals surface area contributed by atoms with Gasteiger partial charge < -0.3 is 14.9 Å². The van der Waals surface area contributed by atoms with E-state index in [0.29, 0.717) is 6.04 Å². The number of aliphatic hydroxyl groups excluding tert-OH is 1. The number of aliphatic hydroxyl groups is 1. The number of pyridine rings is 1. The maximum Gasteiger partial charge on any atom is 0.0931 e. The molecular formula is C13H21N3O. The van der Waals surface area contributed by atoms with Crippen molar-refractivity contribution in [3.05, 3.63) is 24.0 Å². The zero-order chi connectivity index (χ0) is 12.4. The minimum absolute atomic E-state index is 0.492. The molecule has 2 rings (SSSR count). The van der Waals surface area contributed by atoms with Crippen molar-refractivity contribution in [2.24, 2.45) is 0 Å². The first-order valence-corrected chi connectivity index (χ1v) is 6.17. The first-order chi connectivity index (χ1) is 8.08. The summed E-state index contributed by atoms with van der Waals surface area (Å²) in [6.07, 6.45) is 1.37. The summed E-state index contributed by atoms with van der Waals surface area (Å²) in [6.45, 7) is 7.17. The summed E-state index contributed by atoms with van der Waals surface area (Å²) in [5, 5.41) is 9.43. The monoisotopic (exact) mass is 235 g/mol. The highest BCUT2D eigenvalue weighted by molar-refractivity contribution is 5.46. The van der Waals surface area contributed by atoms with Gasteiger partial charge in [0.05, 0.1) is 23.7 Å². The summed E-state index contributed by atoms with van der Waals surface area (Å²) in [6, 6.07) is 4.47. The van der Waals surface area contributed by atoms with E-state index in [2.05, 4.69) is 34.8 Å². The molecule has 94 valence electrons. The highest BCUT2D eigenvalue weighted by Gasteiger charge is 2.21. The quantitative estimate of drug-likeness (QED) is 0.838. The lowest BCUT2D eigenvalue weighted by Crippen LogP contribution is -2.50. The zero-order valence-corrected chi connectivity index (χ0v) is 10.8. The highest BCUT2D eigenvalue weighted by Crippen LogP contribution is 2.20. The van der Waals surface area contributed by atoms with E-state index in [1.165, 1.54) is 0 Å². The van der Waals surface area contributed by atoms with Crippen LogP contribution in [0.3, 0.4) is 0 Å². The number of rotatable bonds is 2. The van der Waals surface area contributed by atoms with E-state index in [0.717, 1.165) is 31.0 Å². The molecule has 1 aromatic rings. The number of hydrogen-bond acceptors (Lipinski definition) is 4. The Bertz CT molecular complexity index is 363. The average molecular weight is 235 g/mol. The van der Waals surface area contributed by atoms with Crippen LogP contribution in [0.25, 0.3) is 0 Å². The van der Waals surface area contributed by atoms with E-state index in [9.17, 15) is 5.11 Å². The molecule has 0 bridgehead atoms. The Hall–Kier alpha value is -1.13. The summed E-state index contributed by atoms with van der Waals surface area (Å²) < 4.78 is 0. The third-order valence-electron chi connectivity index (χ3n) is 3.36. The molecule has 1 saturated heterocycles. The van der Waals surface area contributed by atoms with Gasteiger partial charge in [-0.05, 0) is 33.0 Å². The largest absolute Gasteiger partial charge is 0.387 e.